The van der Waals surface area contributed by atoms with Crippen LogP contribution in [0.5, 0.6) is 0 Å². The second-order valence-corrected chi connectivity index (χ2v) is 9.52. The van der Waals surface area contributed by atoms with Gasteiger partial charge in [0.05, 0.1) is 30.7 Å². The molecule has 4 N–H and O–H groups in total. The maximum atomic E-state index is 12.9. The fourth-order valence-electron chi connectivity index (χ4n) is 5.00. The number of anilines is 1. The Morgan fingerprint density at radius 1 is 1.27 bits per heavy atom. The van der Waals surface area contributed by atoms with Gasteiger partial charge in [-0.3, -0.25) is 14.7 Å². The molecule has 0 bridgehead atoms. The topological polar surface area (TPSA) is 178 Å². The van der Waals surface area contributed by atoms with Gasteiger partial charge in [-0.15, -0.1) is 0 Å². The number of aromatic amines is 1. The molecule has 0 saturated carbocycles. The summed E-state index contributed by atoms with van der Waals surface area (Å²) in [5.74, 6) is 5.70. The minimum Gasteiger partial charge on any atom is -0.394 e. The van der Waals surface area contributed by atoms with Crippen LogP contribution in [0.15, 0.2) is 30.9 Å². The molecule has 5 rings (SSSR count). The normalized spacial score (nSPS) is 17.0. The van der Waals surface area contributed by atoms with Crippen molar-refractivity contribution in [3.05, 3.63) is 53.6 Å². The van der Waals surface area contributed by atoms with E-state index in [1.54, 1.807) is 23.4 Å². The van der Waals surface area contributed by atoms with Crippen molar-refractivity contribution >= 4 is 23.2 Å². The number of pyridine rings is 1. The number of hydrogen-bond acceptors (Lipinski definition) is 10. The van der Waals surface area contributed by atoms with Crippen LogP contribution in [-0.4, -0.2) is 88.9 Å². The Bertz CT molecular complexity index is 1590. The number of nitrogens with two attached hydrogens (primary N) is 1. The molecule has 2 atom stereocenters. The lowest BCUT2D eigenvalue weighted by Gasteiger charge is -2.37. The Morgan fingerprint density at radius 3 is 2.80 bits per heavy atom. The molecular formula is C27H29N9O4. The van der Waals surface area contributed by atoms with Crippen LogP contribution >= 0.6 is 0 Å². The molecule has 1 amide bonds. The lowest BCUT2D eigenvalue weighted by molar-refractivity contribution is 0.0601. The highest BCUT2D eigenvalue weighted by Crippen LogP contribution is 2.36. The Hall–Kier alpha value is -4.67. The molecule has 4 aromatic rings. The second-order valence-electron chi connectivity index (χ2n) is 9.52. The molecule has 5 heterocycles. The summed E-state index contributed by atoms with van der Waals surface area (Å²) in [5, 5.41) is 19.6. The number of nitrogens with one attached hydrogen (secondary N) is 1. The van der Waals surface area contributed by atoms with E-state index in [0.29, 0.717) is 47.5 Å². The van der Waals surface area contributed by atoms with Crippen LogP contribution in [0, 0.1) is 11.8 Å². The number of aliphatic hydroxyl groups is 1. The maximum absolute atomic E-state index is 12.9. The zero-order chi connectivity index (χ0) is 28.2. The summed E-state index contributed by atoms with van der Waals surface area (Å²) in [4.78, 5) is 40.7. The van der Waals surface area contributed by atoms with Gasteiger partial charge in [-0.1, -0.05) is 5.92 Å². The van der Waals surface area contributed by atoms with Gasteiger partial charge in [0.25, 0.3) is 5.91 Å². The van der Waals surface area contributed by atoms with Crippen LogP contribution in [0.3, 0.4) is 0 Å². The van der Waals surface area contributed by atoms with Crippen molar-refractivity contribution in [3.8, 4) is 23.0 Å². The van der Waals surface area contributed by atoms with Gasteiger partial charge in [-0.25, -0.2) is 15.0 Å². The Balaban J connectivity index is 1.44. The number of carbonyl (C=O) groups excluding carboxylic acids is 2. The number of nitrogens with zero attached hydrogens (tertiary/aromatic N) is 7. The smallest absolute Gasteiger partial charge is 0.291 e. The molecule has 0 aliphatic carbocycles. The fourth-order valence-corrected chi connectivity index (χ4v) is 5.00. The molecule has 0 unspecified atom stereocenters. The molecule has 1 aliphatic rings. The van der Waals surface area contributed by atoms with E-state index in [1.807, 2.05) is 13.0 Å². The van der Waals surface area contributed by atoms with Crippen molar-refractivity contribution in [2.45, 2.75) is 38.6 Å². The Labute approximate surface area is 229 Å². The predicted molar refractivity (Wildman–Crippen MR) is 144 cm³/mol. The molecule has 1 aliphatic heterocycles. The van der Waals surface area contributed by atoms with Crippen LogP contribution in [0.25, 0.3) is 16.8 Å². The first-order valence-electron chi connectivity index (χ1n) is 12.9. The van der Waals surface area contributed by atoms with Gasteiger partial charge in [0.1, 0.15) is 24.4 Å². The molecule has 1 fully saturated rings. The molecule has 0 spiro atoms. The molecule has 0 aromatic carbocycles. The molecule has 13 heteroatoms. The van der Waals surface area contributed by atoms with Crippen molar-refractivity contribution in [1.82, 2.24) is 39.7 Å². The third kappa shape index (κ3) is 5.27. The average Bonchev–Trinajstić information content (AvgIpc) is 3.64. The van der Waals surface area contributed by atoms with Crippen LogP contribution in [0.1, 0.15) is 65.0 Å². The van der Waals surface area contributed by atoms with E-state index in [9.17, 15) is 9.59 Å². The summed E-state index contributed by atoms with van der Waals surface area (Å²) in [6.45, 7) is 4.29. The zero-order valence-electron chi connectivity index (χ0n) is 22.2. The summed E-state index contributed by atoms with van der Waals surface area (Å²) >= 11 is 0. The van der Waals surface area contributed by atoms with Crippen molar-refractivity contribution in [1.29, 1.82) is 0 Å². The van der Waals surface area contributed by atoms with Crippen LogP contribution in [0.4, 0.5) is 5.82 Å². The molecule has 206 valence electrons. The van der Waals surface area contributed by atoms with E-state index in [1.165, 1.54) is 17.8 Å². The van der Waals surface area contributed by atoms with Crippen molar-refractivity contribution < 1.29 is 19.4 Å². The number of ketones is 1. The second kappa shape index (κ2) is 11.6. The van der Waals surface area contributed by atoms with Gasteiger partial charge in [0, 0.05) is 35.8 Å². The number of piperidine rings is 1. The molecular weight excluding hydrogens is 514 g/mol. The van der Waals surface area contributed by atoms with Gasteiger partial charge < -0.3 is 20.5 Å². The van der Waals surface area contributed by atoms with Crippen LogP contribution in [-0.2, 0) is 4.74 Å². The highest BCUT2D eigenvalue weighted by molar-refractivity contribution is 6.00. The van der Waals surface area contributed by atoms with Crippen molar-refractivity contribution in [3.63, 3.8) is 0 Å². The van der Waals surface area contributed by atoms with E-state index in [2.05, 4.69) is 37.1 Å². The number of rotatable bonds is 7. The van der Waals surface area contributed by atoms with Crippen molar-refractivity contribution in [2.24, 2.45) is 0 Å². The van der Waals surface area contributed by atoms with Gasteiger partial charge in [0.2, 0.25) is 5.82 Å². The largest absolute Gasteiger partial charge is 0.394 e. The Kier molecular flexibility index (Phi) is 7.81. The lowest BCUT2D eigenvalue weighted by Crippen LogP contribution is -2.44. The number of likely N-dealkylation sites (tertiary alicyclic amines) is 1. The number of ether oxygens (including phenoxy) is 1. The first kappa shape index (κ1) is 26.9. The number of H-pyrrole nitrogens is 1. The lowest BCUT2D eigenvalue weighted by atomic mass is 9.86. The fraction of sp³-hybridized carbons (Fsp3) is 0.370. The number of amides is 1. The van der Waals surface area contributed by atoms with Crippen molar-refractivity contribution in [2.75, 3.05) is 32.1 Å². The van der Waals surface area contributed by atoms with E-state index < -0.39 is 0 Å². The van der Waals surface area contributed by atoms with E-state index in [0.717, 1.165) is 5.56 Å². The molecule has 1 saturated heterocycles. The molecule has 4 aromatic heterocycles. The summed E-state index contributed by atoms with van der Waals surface area (Å²) < 4.78 is 6.62. The van der Waals surface area contributed by atoms with Gasteiger partial charge in [-0.05, 0) is 44.7 Å². The highest BCUT2D eigenvalue weighted by Gasteiger charge is 2.34. The minimum absolute atomic E-state index is 0.0515. The number of hydrogen-bond donors (Lipinski definition) is 3. The van der Waals surface area contributed by atoms with E-state index in [4.69, 9.17) is 20.6 Å². The zero-order valence-corrected chi connectivity index (χ0v) is 22.2. The first-order chi connectivity index (χ1) is 19.4. The quantitative estimate of drug-likeness (QED) is 0.176. The predicted octanol–water partition coefficient (Wildman–Crippen LogP) is 1.46. The summed E-state index contributed by atoms with van der Waals surface area (Å²) in [6.07, 6.45) is 5.85. The number of Topliss-reactive ketones (excluding diaryl/α,β-unsaturated/α-hetero) is 1. The van der Waals surface area contributed by atoms with Gasteiger partial charge in [-0.2, -0.15) is 14.7 Å². The summed E-state index contributed by atoms with van der Waals surface area (Å²) in [6, 6.07) is 3.54. The standard InChI is InChI=1S/C27H29N9O4/c1-16-12-18(7-8-35(16)27(39)25-30-15-31-34-25)23-22(17(2)38)24(28)36-26(33-23)21(14-32-36)19-5-6-20(29-13-19)4-3-10-40-11-9-37/h5-6,13-16,18,37H,7-12,28H2,1-2H3,(H,30,31,34)/t16-,18+/m0/s1. The monoisotopic (exact) mass is 543 g/mol. The first-order valence-corrected chi connectivity index (χ1v) is 12.9. The van der Waals surface area contributed by atoms with E-state index in [-0.39, 0.29) is 55.1 Å². The minimum atomic E-state index is -0.213. The summed E-state index contributed by atoms with van der Waals surface area (Å²) in [5.41, 5.74) is 10.0. The Morgan fingerprint density at radius 2 is 2.12 bits per heavy atom. The number of aliphatic hydroxyl groups excluding tert-OH is 1. The van der Waals surface area contributed by atoms with E-state index >= 15 is 0 Å². The van der Waals surface area contributed by atoms with Crippen LogP contribution < -0.4 is 5.73 Å². The van der Waals surface area contributed by atoms with Crippen LogP contribution in [0.2, 0.25) is 0 Å². The van der Waals surface area contributed by atoms with Gasteiger partial charge >= 0.3 is 0 Å². The molecule has 13 nitrogen and oxygen atoms in total. The number of nitrogen functional groups attached to an aromatic ring is 1. The third-order valence-electron chi connectivity index (χ3n) is 6.90. The number of aromatic nitrogens is 7. The number of fused-ring (bicyclic) bond motifs is 1. The molecule has 0 radical (unpaired) electrons. The third-order valence-corrected chi connectivity index (χ3v) is 6.90. The van der Waals surface area contributed by atoms with Gasteiger partial charge in [0.15, 0.2) is 11.4 Å². The SMILES string of the molecule is CC(=O)c1c([C@@H]2CCN(C(=O)c3ncn[nH]3)[C@@H](C)C2)nc2c(-c3ccc(C#CCOCCO)nc3)cnn2c1N. The number of carbonyl (C=O) groups is 2. The summed E-state index contributed by atoms with van der Waals surface area (Å²) in [7, 11) is 0. The maximum Gasteiger partial charge on any atom is 0.291 e. The molecule has 40 heavy (non-hydrogen) atoms. The average molecular weight is 544 g/mol. The highest BCUT2D eigenvalue weighted by atomic mass is 16.5.